The predicted molar refractivity (Wildman–Crippen MR) is 107 cm³/mol. The molecule has 0 saturated carbocycles. The lowest BCUT2D eigenvalue weighted by molar-refractivity contribution is -0.119. The van der Waals surface area contributed by atoms with Gasteiger partial charge < -0.3 is 20.1 Å². The van der Waals surface area contributed by atoms with Crippen molar-refractivity contribution in [3.05, 3.63) is 40.3 Å². The van der Waals surface area contributed by atoms with E-state index in [0.717, 1.165) is 36.1 Å². The molecule has 3 rings (SSSR count). The third-order valence-corrected chi connectivity index (χ3v) is 5.56. The van der Waals surface area contributed by atoms with Gasteiger partial charge in [0.15, 0.2) is 6.61 Å². The summed E-state index contributed by atoms with van der Waals surface area (Å²) >= 11 is 1.41. The van der Waals surface area contributed by atoms with E-state index in [2.05, 4.69) is 10.6 Å². The summed E-state index contributed by atoms with van der Waals surface area (Å²) in [5, 5.41) is 5.88. The topological polar surface area (TPSA) is 93.7 Å². The molecule has 2 N–H and O–H groups in total. The highest BCUT2D eigenvalue weighted by Crippen LogP contribution is 2.38. The number of fused-ring (bicyclic) bond motifs is 1. The summed E-state index contributed by atoms with van der Waals surface area (Å²) < 4.78 is 10.3. The second-order valence-corrected chi connectivity index (χ2v) is 7.56. The zero-order valence-electron chi connectivity index (χ0n) is 15.8. The lowest BCUT2D eigenvalue weighted by atomic mass is 9.95. The van der Waals surface area contributed by atoms with Gasteiger partial charge in [-0.2, -0.15) is 0 Å². The molecule has 0 atom stereocenters. The number of carbonyl (C=O) groups excluding carboxylic acids is 3. The van der Waals surface area contributed by atoms with Gasteiger partial charge in [0.2, 0.25) is 5.91 Å². The van der Waals surface area contributed by atoms with E-state index in [0.29, 0.717) is 22.0 Å². The number of amides is 2. The Morgan fingerprint density at radius 3 is 2.68 bits per heavy atom. The van der Waals surface area contributed by atoms with Gasteiger partial charge in [0.25, 0.3) is 5.91 Å². The number of carbonyl (C=O) groups is 3. The van der Waals surface area contributed by atoms with Gasteiger partial charge in [0, 0.05) is 23.6 Å². The van der Waals surface area contributed by atoms with Crippen molar-refractivity contribution >= 4 is 39.8 Å². The van der Waals surface area contributed by atoms with Crippen molar-refractivity contribution in [2.24, 2.45) is 0 Å². The number of aryl methyl sites for hydroxylation is 1. The third-order valence-electron chi connectivity index (χ3n) is 4.35. The Hall–Kier alpha value is -2.87. The van der Waals surface area contributed by atoms with E-state index in [4.69, 9.17) is 9.47 Å². The molecule has 1 aromatic carbocycles. The summed E-state index contributed by atoms with van der Waals surface area (Å²) in [4.78, 5) is 37.4. The number of anilines is 2. The predicted octanol–water partition coefficient (Wildman–Crippen LogP) is 3.39. The fourth-order valence-electron chi connectivity index (χ4n) is 3.13. The van der Waals surface area contributed by atoms with Crippen molar-refractivity contribution in [2.45, 2.75) is 32.6 Å². The highest BCUT2D eigenvalue weighted by molar-refractivity contribution is 7.17. The monoisotopic (exact) mass is 402 g/mol. The maximum absolute atomic E-state index is 12.7. The first-order chi connectivity index (χ1) is 13.5. The van der Waals surface area contributed by atoms with Crippen LogP contribution in [0.5, 0.6) is 5.75 Å². The SMILES string of the molecule is COc1cccc(NC(=O)COC(=O)c2c(NC(C)=O)sc3c2CCCC3)c1. The summed E-state index contributed by atoms with van der Waals surface area (Å²) in [7, 11) is 1.54. The molecule has 1 heterocycles. The molecule has 1 aliphatic rings. The van der Waals surface area contributed by atoms with Gasteiger partial charge in [-0.05, 0) is 43.4 Å². The number of thiophene rings is 1. The van der Waals surface area contributed by atoms with Crippen LogP contribution in [0.4, 0.5) is 10.7 Å². The molecule has 0 bridgehead atoms. The second-order valence-electron chi connectivity index (χ2n) is 6.45. The zero-order valence-corrected chi connectivity index (χ0v) is 16.6. The summed E-state index contributed by atoms with van der Waals surface area (Å²) in [5.74, 6) is -0.682. The minimum absolute atomic E-state index is 0.247. The van der Waals surface area contributed by atoms with E-state index in [1.807, 2.05) is 0 Å². The molecular formula is C20H22N2O5S. The van der Waals surface area contributed by atoms with Crippen LogP contribution in [-0.2, 0) is 27.2 Å². The van der Waals surface area contributed by atoms with Gasteiger partial charge >= 0.3 is 5.97 Å². The minimum Gasteiger partial charge on any atom is -0.497 e. The smallest absolute Gasteiger partial charge is 0.341 e. The molecule has 28 heavy (non-hydrogen) atoms. The van der Waals surface area contributed by atoms with Crippen molar-refractivity contribution in [3.63, 3.8) is 0 Å². The first kappa shape index (κ1) is 19.9. The van der Waals surface area contributed by atoms with Crippen LogP contribution in [-0.4, -0.2) is 31.5 Å². The van der Waals surface area contributed by atoms with Crippen molar-refractivity contribution < 1.29 is 23.9 Å². The van der Waals surface area contributed by atoms with Crippen LogP contribution in [0.3, 0.4) is 0 Å². The summed E-state index contributed by atoms with van der Waals surface area (Å²) in [6, 6.07) is 6.90. The molecule has 2 aromatic rings. The van der Waals surface area contributed by atoms with E-state index < -0.39 is 18.5 Å². The maximum atomic E-state index is 12.7. The van der Waals surface area contributed by atoms with Crippen LogP contribution in [0.15, 0.2) is 24.3 Å². The van der Waals surface area contributed by atoms with Crippen molar-refractivity contribution in [1.82, 2.24) is 0 Å². The fraction of sp³-hybridized carbons (Fsp3) is 0.350. The van der Waals surface area contributed by atoms with E-state index >= 15 is 0 Å². The van der Waals surface area contributed by atoms with Crippen LogP contribution < -0.4 is 15.4 Å². The van der Waals surface area contributed by atoms with Gasteiger partial charge in [-0.1, -0.05) is 6.07 Å². The van der Waals surface area contributed by atoms with E-state index in [1.54, 1.807) is 24.3 Å². The Morgan fingerprint density at radius 1 is 1.14 bits per heavy atom. The summed E-state index contributed by atoms with van der Waals surface area (Å²) in [6.45, 7) is 0.982. The molecule has 7 nitrogen and oxygen atoms in total. The minimum atomic E-state index is -0.594. The molecule has 0 unspecified atom stereocenters. The molecule has 0 spiro atoms. The number of hydrogen-bond acceptors (Lipinski definition) is 6. The highest BCUT2D eigenvalue weighted by atomic mass is 32.1. The number of methoxy groups -OCH3 is 1. The number of esters is 1. The molecule has 1 aliphatic carbocycles. The van der Waals surface area contributed by atoms with Crippen molar-refractivity contribution in [3.8, 4) is 5.75 Å². The van der Waals surface area contributed by atoms with E-state index in [9.17, 15) is 14.4 Å². The van der Waals surface area contributed by atoms with Crippen molar-refractivity contribution in [2.75, 3.05) is 24.4 Å². The average molecular weight is 402 g/mol. The normalized spacial score (nSPS) is 12.6. The lowest BCUT2D eigenvalue weighted by Crippen LogP contribution is -2.22. The highest BCUT2D eigenvalue weighted by Gasteiger charge is 2.27. The average Bonchev–Trinajstić information content (AvgIpc) is 3.03. The number of hydrogen-bond donors (Lipinski definition) is 2. The Kier molecular flexibility index (Phi) is 6.30. The summed E-state index contributed by atoms with van der Waals surface area (Å²) in [6.07, 6.45) is 3.70. The van der Waals surface area contributed by atoms with Crippen LogP contribution >= 0.6 is 11.3 Å². The maximum Gasteiger partial charge on any atom is 0.341 e. The van der Waals surface area contributed by atoms with Crippen LogP contribution in [0, 0.1) is 0 Å². The molecule has 0 fully saturated rings. The zero-order chi connectivity index (χ0) is 20.1. The molecule has 2 amide bonds. The van der Waals surface area contributed by atoms with Gasteiger partial charge in [-0.25, -0.2) is 4.79 Å². The number of nitrogens with one attached hydrogen (secondary N) is 2. The van der Waals surface area contributed by atoms with Crippen LogP contribution in [0.1, 0.15) is 40.6 Å². The van der Waals surface area contributed by atoms with Crippen molar-refractivity contribution in [1.29, 1.82) is 0 Å². The van der Waals surface area contributed by atoms with Gasteiger partial charge in [-0.15, -0.1) is 11.3 Å². The fourth-order valence-corrected chi connectivity index (χ4v) is 4.45. The first-order valence-electron chi connectivity index (χ1n) is 9.01. The van der Waals surface area contributed by atoms with Gasteiger partial charge in [0.05, 0.1) is 12.7 Å². The molecule has 148 valence electrons. The van der Waals surface area contributed by atoms with Crippen LogP contribution in [0.25, 0.3) is 0 Å². The van der Waals surface area contributed by atoms with E-state index in [-0.39, 0.29) is 5.91 Å². The quantitative estimate of drug-likeness (QED) is 0.723. The largest absolute Gasteiger partial charge is 0.497 e. The second kappa shape index (κ2) is 8.88. The molecule has 1 aromatic heterocycles. The standard InChI is InChI=1S/C20H22N2O5S/c1-12(23)21-19-18(15-8-3-4-9-16(15)28-19)20(25)27-11-17(24)22-13-6-5-7-14(10-13)26-2/h5-7,10H,3-4,8-9,11H2,1-2H3,(H,21,23)(H,22,24). The Morgan fingerprint density at radius 2 is 1.93 bits per heavy atom. The van der Waals surface area contributed by atoms with Gasteiger partial charge in [0.1, 0.15) is 10.8 Å². The Balaban J connectivity index is 1.68. The first-order valence-corrected chi connectivity index (χ1v) is 9.82. The number of rotatable bonds is 6. The Bertz CT molecular complexity index is 906. The lowest BCUT2D eigenvalue weighted by Gasteiger charge is -2.13. The number of benzene rings is 1. The number of ether oxygens (including phenoxy) is 2. The molecule has 0 aliphatic heterocycles. The molecular weight excluding hydrogens is 380 g/mol. The molecule has 8 heteroatoms. The molecule has 0 saturated heterocycles. The van der Waals surface area contributed by atoms with E-state index in [1.165, 1.54) is 25.4 Å². The Labute approximate surface area is 167 Å². The summed E-state index contributed by atoms with van der Waals surface area (Å²) in [5.41, 5.74) is 1.86. The molecule has 0 radical (unpaired) electrons. The van der Waals surface area contributed by atoms with Gasteiger partial charge in [-0.3, -0.25) is 9.59 Å². The third kappa shape index (κ3) is 4.69. The van der Waals surface area contributed by atoms with Crippen LogP contribution in [0.2, 0.25) is 0 Å².